The van der Waals surface area contributed by atoms with Gasteiger partial charge >= 0.3 is 0 Å². The Balaban J connectivity index is 1.16. The van der Waals surface area contributed by atoms with Crippen molar-refractivity contribution < 1.29 is 0 Å². The van der Waals surface area contributed by atoms with Gasteiger partial charge in [0, 0.05) is 45.4 Å². The molecule has 0 aromatic heterocycles. The van der Waals surface area contributed by atoms with Crippen molar-refractivity contribution in [3.8, 4) is 33.4 Å². The number of nitrogens with zero attached hydrogens (tertiary/aromatic N) is 2. The molecule has 0 aliphatic carbocycles. The molecule has 272 valence electrons. The van der Waals surface area contributed by atoms with Crippen LogP contribution in [0, 0.1) is 0 Å². The molecule has 13 rings (SSSR count). The number of para-hydroxylation sites is 3. The molecular weight excluding hydrogens is 712 g/mol. The Kier molecular flexibility index (Phi) is 6.90. The van der Waals surface area contributed by atoms with Crippen LogP contribution in [-0.2, 0) is 0 Å². The lowest BCUT2D eigenvalue weighted by atomic mass is 9.29. The monoisotopic (exact) mass is 747 g/mol. The van der Waals surface area contributed by atoms with Crippen molar-refractivity contribution in [1.82, 2.24) is 0 Å². The minimum atomic E-state index is 0.0134. The van der Waals surface area contributed by atoms with Crippen molar-refractivity contribution in [2.75, 3.05) is 15.1 Å². The normalized spacial score (nSPS) is 13.4. The Morgan fingerprint density at radius 2 is 0.814 bits per heavy atom. The van der Waals surface area contributed by atoms with Gasteiger partial charge in [-0.05, 0) is 97.0 Å². The molecule has 4 aliphatic heterocycles. The molecule has 9 aromatic rings. The van der Waals surface area contributed by atoms with Crippen LogP contribution in [0.15, 0.2) is 206 Å². The van der Waals surface area contributed by atoms with E-state index in [0.29, 0.717) is 0 Å². The fourth-order valence-corrected chi connectivity index (χ4v) is 10.6. The van der Waals surface area contributed by atoms with E-state index in [1.54, 1.807) is 0 Å². The van der Waals surface area contributed by atoms with Crippen LogP contribution in [0.2, 0.25) is 0 Å². The molecule has 9 aromatic carbocycles. The van der Waals surface area contributed by atoms with Crippen LogP contribution in [0.3, 0.4) is 0 Å². The highest BCUT2D eigenvalue weighted by atomic mass is 15.2. The molecule has 3 nitrogen and oxygen atoms in total. The van der Waals surface area contributed by atoms with Gasteiger partial charge in [-0.3, -0.25) is 0 Å². The van der Waals surface area contributed by atoms with Gasteiger partial charge in [-0.15, -0.1) is 0 Å². The first-order chi connectivity index (χ1) is 29.3. The first-order valence-corrected chi connectivity index (χ1v) is 20.6. The zero-order chi connectivity index (χ0) is 38.6. The van der Waals surface area contributed by atoms with Crippen molar-refractivity contribution >= 4 is 91.7 Å². The minimum Gasteiger partial charge on any atom is -0.356 e. The second kappa shape index (κ2) is 12.5. The van der Waals surface area contributed by atoms with Gasteiger partial charge in [-0.1, -0.05) is 170 Å². The van der Waals surface area contributed by atoms with Crippen LogP contribution < -0.4 is 47.9 Å². The van der Waals surface area contributed by atoms with E-state index in [1.165, 1.54) is 100 Å². The van der Waals surface area contributed by atoms with Crippen LogP contribution in [-0.4, -0.2) is 13.4 Å². The first kappa shape index (κ1) is 32.6. The van der Waals surface area contributed by atoms with E-state index < -0.39 is 0 Å². The summed E-state index contributed by atoms with van der Waals surface area (Å²) in [5.74, 6) is 0. The highest BCUT2D eigenvalue weighted by molar-refractivity contribution is 7.04. The van der Waals surface area contributed by atoms with E-state index in [1.807, 2.05) is 0 Å². The van der Waals surface area contributed by atoms with Crippen LogP contribution in [0.5, 0.6) is 0 Å². The molecule has 0 unspecified atom stereocenters. The van der Waals surface area contributed by atoms with Gasteiger partial charge in [0.1, 0.15) is 0 Å². The second-order valence-corrected chi connectivity index (χ2v) is 16.1. The van der Waals surface area contributed by atoms with E-state index in [0.717, 1.165) is 11.4 Å². The zero-order valence-corrected chi connectivity index (χ0v) is 32.2. The summed E-state index contributed by atoms with van der Waals surface area (Å²) in [5, 5.41) is 4.01. The molecule has 0 spiro atoms. The Labute approximate surface area is 345 Å². The largest absolute Gasteiger partial charge is 0.356 e. The molecule has 0 saturated heterocycles. The molecule has 0 atom stereocenters. The molecule has 0 saturated carbocycles. The van der Waals surface area contributed by atoms with Crippen molar-refractivity contribution in [3.63, 3.8) is 0 Å². The maximum atomic E-state index is 4.01. The lowest BCUT2D eigenvalue weighted by molar-refractivity contribution is 1.26. The highest BCUT2D eigenvalue weighted by Gasteiger charge is 2.50. The van der Waals surface area contributed by atoms with Gasteiger partial charge in [-0.2, -0.15) is 0 Å². The van der Waals surface area contributed by atoms with Gasteiger partial charge in [0.05, 0.1) is 5.69 Å². The topological polar surface area (TPSA) is 18.5 Å². The lowest BCUT2D eigenvalue weighted by Crippen LogP contribution is -2.68. The Morgan fingerprint density at radius 1 is 0.305 bits per heavy atom. The molecule has 1 N–H and O–H groups in total. The minimum absolute atomic E-state index is 0.0134. The molecule has 0 bridgehead atoms. The number of nitrogens with one attached hydrogen (secondary N) is 1. The number of hydrogen-bond donors (Lipinski definition) is 1. The maximum Gasteiger partial charge on any atom is 0.252 e. The predicted molar refractivity (Wildman–Crippen MR) is 251 cm³/mol. The van der Waals surface area contributed by atoms with E-state index in [4.69, 9.17) is 0 Å². The summed E-state index contributed by atoms with van der Waals surface area (Å²) in [5.41, 5.74) is 25.0. The van der Waals surface area contributed by atoms with Crippen LogP contribution >= 0.6 is 0 Å². The van der Waals surface area contributed by atoms with Crippen molar-refractivity contribution in [2.24, 2.45) is 0 Å². The summed E-state index contributed by atoms with van der Waals surface area (Å²) in [6.07, 6.45) is 0. The third-order valence-corrected chi connectivity index (χ3v) is 13.0. The number of anilines is 8. The van der Waals surface area contributed by atoms with Crippen LogP contribution in [0.25, 0.3) is 33.4 Å². The number of benzene rings is 9. The average Bonchev–Trinajstić information content (AvgIpc) is 3.31. The fraction of sp³-hybridized carbons (Fsp3) is 0. The summed E-state index contributed by atoms with van der Waals surface area (Å²) in [6, 6.07) is 76.3. The number of hydrogen-bond acceptors (Lipinski definition) is 3. The Bertz CT molecular complexity index is 3150. The van der Waals surface area contributed by atoms with Crippen molar-refractivity contribution in [1.29, 1.82) is 0 Å². The summed E-state index contributed by atoms with van der Waals surface area (Å²) in [4.78, 5) is 5.17. The smallest absolute Gasteiger partial charge is 0.252 e. The Morgan fingerprint density at radius 3 is 1.47 bits per heavy atom. The zero-order valence-electron chi connectivity index (χ0n) is 32.2. The van der Waals surface area contributed by atoms with Gasteiger partial charge in [-0.25, -0.2) is 0 Å². The predicted octanol–water partition coefficient (Wildman–Crippen LogP) is 9.66. The summed E-state index contributed by atoms with van der Waals surface area (Å²) in [6.45, 7) is 0.0604. The van der Waals surface area contributed by atoms with Crippen LogP contribution in [0.1, 0.15) is 0 Å². The van der Waals surface area contributed by atoms with E-state index >= 15 is 0 Å². The second-order valence-electron chi connectivity index (χ2n) is 16.1. The SMILES string of the molecule is c1ccc(-c2ccc3c(c2)B2c4ccccc4Nc4cc5c6c(c42)N3c2ccc(-c3ccccc3)cc2B6c2ccccc2N5c2ccccc2-c2ccccc2)cc1. The van der Waals surface area contributed by atoms with Gasteiger partial charge in [0.15, 0.2) is 0 Å². The lowest BCUT2D eigenvalue weighted by Gasteiger charge is -2.50. The van der Waals surface area contributed by atoms with Crippen molar-refractivity contribution in [2.45, 2.75) is 0 Å². The molecule has 0 fully saturated rings. The maximum absolute atomic E-state index is 4.01. The van der Waals surface area contributed by atoms with Gasteiger partial charge in [0.2, 0.25) is 0 Å². The number of rotatable bonds is 4. The fourth-order valence-electron chi connectivity index (χ4n) is 10.6. The summed E-state index contributed by atoms with van der Waals surface area (Å²) >= 11 is 0. The number of fused-ring (bicyclic) bond motifs is 10. The van der Waals surface area contributed by atoms with Crippen LogP contribution in [0.4, 0.5) is 45.5 Å². The van der Waals surface area contributed by atoms with E-state index in [9.17, 15) is 0 Å². The third kappa shape index (κ3) is 4.67. The molecule has 4 heterocycles. The first-order valence-electron chi connectivity index (χ1n) is 20.6. The molecule has 59 heavy (non-hydrogen) atoms. The quantitative estimate of drug-likeness (QED) is 0.181. The standard InChI is InChI=1S/C54H35B2N3/c1-4-16-35(17-5-1)38-28-30-49-43(32-38)55-41-23-11-13-25-45(41)57-46-34-51-53-54(52(46)55)59(49)50-31-29-39(36-18-6-2-7-19-36)33-44(50)56(53)42-24-12-15-27-48(42)58(51)47-26-14-10-22-40(47)37-20-8-3-9-21-37/h1-34,57H. The molecule has 4 aliphatic rings. The Hall–Kier alpha value is -7.49. The average molecular weight is 748 g/mol. The molecular formula is C54H35B2N3. The van der Waals surface area contributed by atoms with Gasteiger partial charge < -0.3 is 15.1 Å². The third-order valence-electron chi connectivity index (χ3n) is 13.0. The van der Waals surface area contributed by atoms with E-state index in [2.05, 4.69) is 221 Å². The summed E-state index contributed by atoms with van der Waals surface area (Å²) in [7, 11) is 0. The molecule has 0 radical (unpaired) electrons. The highest BCUT2D eigenvalue weighted by Crippen LogP contribution is 2.49. The molecule has 5 heteroatoms. The van der Waals surface area contributed by atoms with Gasteiger partial charge in [0.25, 0.3) is 13.4 Å². The van der Waals surface area contributed by atoms with Crippen molar-refractivity contribution in [3.05, 3.63) is 206 Å². The van der Waals surface area contributed by atoms with E-state index in [-0.39, 0.29) is 13.4 Å². The molecule has 0 amide bonds. The summed E-state index contributed by atoms with van der Waals surface area (Å²) < 4.78 is 0.